The van der Waals surface area contributed by atoms with Crippen molar-refractivity contribution in [1.82, 2.24) is 24.7 Å². The van der Waals surface area contributed by atoms with Crippen LogP contribution in [-0.4, -0.2) is 35.9 Å². The van der Waals surface area contributed by atoms with Crippen molar-refractivity contribution >= 4 is 11.9 Å². The van der Waals surface area contributed by atoms with Gasteiger partial charge in [-0.1, -0.05) is 24.3 Å². The molecule has 0 bridgehead atoms. The number of amides is 1. The molecule has 0 aliphatic rings. The minimum Gasteiger partial charge on any atom is -0.465 e. The SMILES string of the molecule is O=C(O)N(Cc1ccc(Cn2cncn2)cc1)c1ccncn1. The summed E-state index contributed by atoms with van der Waals surface area (Å²) < 4.78 is 1.72. The zero-order chi connectivity index (χ0) is 16.1. The van der Waals surface area contributed by atoms with Crippen molar-refractivity contribution in [3.8, 4) is 0 Å². The number of benzene rings is 1. The molecule has 8 nitrogen and oxygen atoms in total. The lowest BCUT2D eigenvalue weighted by Gasteiger charge is -2.18. The lowest BCUT2D eigenvalue weighted by atomic mass is 10.1. The number of nitrogens with zero attached hydrogens (tertiary/aromatic N) is 6. The highest BCUT2D eigenvalue weighted by atomic mass is 16.4. The molecule has 116 valence electrons. The van der Waals surface area contributed by atoms with Crippen molar-refractivity contribution in [2.24, 2.45) is 0 Å². The molecule has 0 atom stereocenters. The first-order valence-corrected chi connectivity index (χ1v) is 6.89. The molecule has 0 saturated carbocycles. The molecule has 0 aliphatic heterocycles. The maximum absolute atomic E-state index is 11.4. The van der Waals surface area contributed by atoms with E-state index in [1.54, 1.807) is 17.1 Å². The van der Waals surface area contributed by atoms with Gasteiger partial charge in [-0.15, -0.1) is 0 Å². The molecule has 0 unspecified atom stereocenters. The Hall–Kier alpha value is -3.29. The standard InChI is InChI=1S/C15H14N6O2/c22-15(23)21(14-5-6-16-9-18-14)8-13-3-1-12(2-4-13)7-20-11-17-10-19-20/h1-6,9-11H,7-8H2,(H,22,23). The Morgan fingerprint density at radius 1 is 1.09 bits per heavy atom. The van der Waals surface area contributed by atoms with E-state index in [9.17, 15) is 9.90 Å². The summed E-state index contributed by atoms with van der Waals surface area (Å²) >= 11 is 0. The van der Waals surface area contributed by atoms with E-state index in [0.29, 0.717) is 12.4 Å². The summed E-state index contributed by atoms with van der Waals surface area (Å²) in [6, 6.07) is 9.23. The first-order chi connectivity index (χ1) is 11.2. The van der Waals surface area contributed by atoms with E-state index < -0.39 is 6.09 Å². The second-order valence-corrected chi connectivity index (χ2v) is 4.85. The highest BCUT2D eigenvalue weighted by Crippen LogP contribution is 2.14. The summed E-state index contributed by atoms with van der Waals surface area (Å²) in [5, 5.41) is 13.4. The molecule has 0 radical (unpaired) electrons. The summed E-state index contributed by atoms with van der Waals surface area (Å²) in [5.41, 5.74) is 1.93. The van der Waals surface area contributed by atoms with Gasteiger partial charge >= 0.3 is 6.09 Å². The quantitative estimate of drug-likeness (QED) is 0.772. The molecule has 23 heavy (non-hydrogen) atoms. The van der Waals surface area contributed by atoms with Crippen LogP contribution in [0.3, 0.4) is 0 Å². The van der Waals surface area contributed by atoms with Crippen LogP contribution in [0.2, 0.25) is 0 Å². The Kier molecular flexibility index (Phi) is 4.23. The van der Waals surface area contributed by atoms with E-state index in [1.807, 2.05) is 24.3 Å². The van der Waals surface area contributed by atoms with E-state index >= 15 is 0 Å². The van der Waals surface area contributed by atoms with E-state index in [-0.39, 0.29) is 6.54 Å². The third-order valence-corrected chi connectivity index (χ3v) is 3.25. The normalized spacial score (nSPS) is 10.4. The van der Waals surface area contributed by atoms with E-state index in [0.717, 1.165) is 11.1 Å². The number of carbonyl (C=O) groups is 1. The van der Waals surface area contributed by atoms with Gasteiger partial charge in [0.1, 0.15) is 24.8 Å². The summed E-state index contributed by atoms with van der Waals surface area (Å²) in [4.78, 5) is 24.3. The highest BCUT2D eigenvalue weighted by Gasteiger charge is 2.15. The van der Waals surface area contributed by atoms with Crippen LogP contribution in [0.25, 0.3) is 0 Å². The fourth-order valence-corrected chi connectivity index (χ4v) is 2.12. The third kappa shape index (κ3) is 3.67. The van der Waals surface area contributed by atoms with E-state index in [4.69, 9.17) is 0 Å². The average Bonchev–Trinajstić information content (AvgIpc) is 3.07. The van der Waals surface area contributed by atoms with Crippen LogP contribution >= 0.6 is 0 Å². The fraction of sp³-hybridized carbons (Fsp3) is 0.133. The summed E-state index contributed by atoms with van der Waals surface area (Å²) in [6.07, 6.45) is 4.91. The molecule has 3 aromatic rings. The van der Waals surface area contributed by atoms with Crippen LogP contribution in [0.1, 0.15) is 11.1 Å². The van der Waals surface area contributed by atoms with Crippen LogP contribution in [0.4, 0.5) is 10.6 Å². The maximum Gasteiger partial charge on any atom is 0.413 e. The van der Waals surface area contributed by atoms with Crippen molar-refractivity contribution in [2.75, 3.05) is 4.90 Å². The smallest absolute Gasteiger partial charge is 0.413 e. The van der Waals surface area contributed by atoms with E-state index in [2.05, 4.69) is 20.1 Å². The Morgan fingerprint density at radius 3 is 2.48 bits per heavy atom. The highest BCUT2D eigenvalue weighted by molar-refractivity contribution is 5.84. The topological polar surface area (TPSA) is 97.0 Å². The third-order valence-electron chi connectivity index (χ3n) is 3.25. The van der Waals surface area contributed by atoms with Crippen molar-refractivity contribution in [3.63, 3.8) is 0 Å². The lowest BCUT2D eigenvalue weighted by molar-refractivity contribution is 0.201. The van der Waals surface area contributed by atoms with Crippen molar-refractivity contribution < 1.29 is 9.90 Å². The minimum atomic E-state index is -1.06. The Bertz CT molecular complexity index is 758. The predicted octanol–water partition coefficient (Wildman–Crippen LogP) is 1.80. The van der Waals surface area contributed by atoms with Gasteiger partial charge < -0.3 is 5.11 Å². The number of rotatable bonds is 5. The van der Waals surface area contributed by atoms with Gasteiger partial charge in [-0.2, -0.15) is 5.10 Å². The molecule has 1 aromatic carbocycles. The molecule has 0 saturated heterocycles. The molecule has 0 fully saturated rings. The fourth-order valence-electron chi connectivity index (χ4n) is 2.12. The molecule has 1 amide bonds. The Balaban J connectivity index is 1.72. The van der Waals surface area contributed by atoms with Crippen LogP contribution in [0.15, 0.2) is 55.5 Å². The van der Waals surface area contributed by atoms with Gasteiger partial charge in [-0.25, -0.2) is 24.4 Å². The first kappa shape index (κ1) is 14.6. The van der Waals surface area contributed by atoms with E-state index in [1.165, 1.54) is 23.8 Å². The monoisotopic (exact) mass is 310 g/mol. The molecule has 0 aliphatic carbocycles. The van der Waals surface area contributed by atoms with Crippen LogP contribution in [-0.2, 0) is 13.1 Å². The number of hydrogen-bond donors (Lipinski definition) is 1. The molecule has 2 heterocycles. The first-order valence-electron chi connectivity index (χ1n) is 6.89. The summed E-state index contributed by atoms with van der Waals surface area (Å²) in [5.74, 6) is 0.346. The van der Waals surface area contributed by atoms with Gasteiger partial charge in [-0.05, 0) is 17.2 Å². The molecule has 0 spiro atoms. The second-order valence-electron chi connectivity index (χ2n) is 4.85. The zero-order valence-corrected chi connectivity index (χ0v) is 12.1. The largest absolute Gasteiger partial charge is 0.465 e. The Morgan fingerprint density at radius 2 is 1.87 bits per heavy atom. The number of hydrogen-bond acceptors (Lipinski definition) is 5. The van der Waals surface area contributed by atoms with Crippen molar-refractivity contribution in [2.45, 2.75) is 13.1 Å². The average molecular weight is 310 g/mol. The maximum atomic E-state index is 11.4. The van der Waals surface area contributed by atoms with Crippen LogP contribution in [0.5, 0.6) is 0 Å². The Labute approximate surface area is 132 Å². The number of aromatic nitrogens is 5. The van der Waals surface area contributed by atoms with Gasteiger partial charge in [0.2, 0.25) is 0 Å². The number of anilines is 1. The molecular formula is C15H14N6O2. The van der Waals surface area contributed by atoms with Crippen molar-refractivity contribution in [1.29, 1.82) is 0 Å². The van der Waals surface area contributed by atoms with Gasteiger partial charge in [0, 0.05) is 6.20 Å². The molecule has 2 aromatic heterocycles. The minimum absolute atomic E-state index is 0.218. The summed E-state index contributed by atoms with van der Waals surface area (Å²) in [6.45, 7) is 0.838. The lowest BCUT2D eigenvalue weighted by Crippen LogP contribution is -2.29. The van der Waals surface area contributed by atoms with Gasteiger partial charge in [0.05, 0.1) is 13.1 Å². The number of carboxylic acid groups (broad SMARTS) is 1. The zero-order valence-electron chi connectivity index (χ0n) is 12.1. The summed E-state index contributed by atoms with van der Waals surface area (Å²) in [7, 11) is 0. The van der Waals surface area contributed by atoms with Crippen LogP contribution in [0, 0.1) is 0 Å². The molecule has 3 rings (SSSR count). The molecular weight excluding hydrogens is 296 g/mol. The molecule has 8 heteroatoms. The van der Waals surface area contributed by atoms with Gasteiger partial charge in [0.25, 0.3) is 0 Å². The van der Waals surface area contributed by atoms with Crippen LogP contribution < -0.4 is 4.90 Å². The molecule has 1 N–H and O–H groups in total. The van der Waals surface area contributed by atoms with Gasteiger partial charge in [0.15, 0.2) is 0 Å². The van der Waals surface area contributed by atoms with Crippen molar-refractivity contribution in [3.05, 3.63) is 66.6 Å². The second kappa shape index (κ2) is 6.65. The predicted molar refractivity (Wildman–Crippen MR) is 81.8 cm³/mol. The van der Waals surface area contributed by atoms with Gasteiger partial charge in [-0.3, -0.25) is 4.90 Å².